The number of hydrogen-bond acceptors (Lipinski definition) is 2. The lowest BCUT2D eigenvalue weighted by Crippen LogP contribution is -2.21. The van der Waals surface area contributed by atoms with E-state index < -0.39 is 6.10 Å². The maximum atomic E-state index is 10.1. The molecule has 2 unspecified atom stereocenters. The number of hydrogen-bond donors (Lipinski definition) is 2. The summed E-state index contributed by atoms with van der Waals surface area (Å²) in [5, 5.41) is 10.8. The first-order valence-corrected chi connectivity index (χ1v) is 5.62. The fourth-order valence-corrected chi connectivity index (χ4v) is 1.97. The van der Waals surface area contributed by atoms with Crippen molar-refractivity contribution in [2.75, 3.05) is 6.54 Å². The zero-order valence-electron chi connectivity index (χ0n) is 9.20. The summed E-state index contributed by atoms with van der Waals surface area (Å²) >= 11 is 5.86. The lowest BCUT2D eigenvalue weighted by Gasteiger charge is -2.21. The van der Waals surface area contributed by atoms with Gasteiger partial charge in [-0.2, -0.15) is 0 Å². The molecule has 1 aromatic carbocycles. The Morgan fingerprint density at radius 2 is 2.13 bits per heavy atom. The molecule has 1 rings (SSSR count). The number of aliphatic hydroxyl groups is 1. The first-order chi connectivity index (χ1) is 7.10. The molecule has 2 atom stereocenters. The highest BCUT2D eigenvalue weighted by molar-refractivity contribution is 6.30. The van der Waals surface area contributed by atoms with Gasteiger partial charge in [-0.3, -0.25) is 0 Å². The van der Waals surface area contributed by atoms with Gasteiger partial charge in [0.15, 0.2) is 0 Å². The van der Waals surface area contributed by atoms with E-state index in [4.69, 9.17) is 17.3 Å². The number of nitrogens with two attached hydrogens (primary N) is 1. The molecule has 0 radical (unpaired) electrons. The maximum Gasteiger partial charge on any atom is 0.0832 e. The molecule has 0 aliphatic rings. The summed E-state index contributed by atoms with van der Waals surface area (Å²) in [5.41, 5.74) is 7.56. The van der Waals surface area contributed by atoms with Crippen molar-refractivity contribution < 1.29 is 5.11 Å². The second-order valence-electron chi connectivity index (χ2n) is 3.85. The van der Waals surface area contributed by atoms with Gasteiger partial charge in [0.25, 0.3) is 0 Å². The van der Waals surface area contributed by atoms with E-state index in [9.17, 15) is 5.11 Å². The zero-order valence-corrected chi connectivity index (χ0v) is 9.96. The van der Waals surface area contributed by atoms with Gasteiger partial charge in [-0.25, -0.2) is 0 Å². The molecule has 0 heterocycles. The molecule has 15 heavy (non-hydrogen) atoms. The van der Waals surface area contributed by atoms with Gasteiger partial charge in [0, 0.05) is 10.9 Å². The summed E-state index contributed by atoms with van der Waals surface area (Å²) < 4.78 is 0. The van der Waals surface area contributed by atoms with E-state index in [2.05, 4.69) is 0 Å². The second-order valence-corrected chi connectivity index (χ2v) is 4.29. The molecule has 0 spiro atoms. The maximum absolute atomic E-state index is 10.1. The zero-order chi connectivity index (χ0) is 11.4. The van der Waals surface area contributed by atoms with Crippen molar-refractivity contribution in [1.29, 1.82) is 0 Å². The lowest BCUT2D eigenvalue weighted by molar-refractivity contribution is 0.109. The molecule has 0 saturated carbocycles. The van der Waals surface area contributed by atoms with Crippen LogP contribution in [0.3, 0.4) is 0 Å². The first kappa shape index (κ1) is 12.5. The molecule has 0 aliphatic heterocycles. The van der Waals surface area contributed by atoms with Crippen molar-refractivity contribution in [3.8, 4) is 0 Å². The number of benzene rings is 1. The van der Waals surface area contributed by atoms with E-state index in [1.807, 2.05) is 26.0 Å². The highest BCUT2D eigenvalue weighted by atomic mass is 35.5. The Bertz CT molecular complexity index is 323. The normalized spacial score (nSPS) is 15.0. The Morgan fingerprint density at radius 1 is 1.47 bits per heavy atom. The van der Waals surface area contributed by atoms with Crippen LogP contribution in [-0.4, -0.2) is 11.7 Å². The second kappa shape index (κ2) is 5.50. The topological polar surface area (TPSA) is 46.2 Å². The first-order valence-electron chi connectivity index (χ1n) is 5.24. The highest BCUT2D eigenvalue weighted by Gasteiger charge is 2.19. The molecule has 0 saturated heterocycles. The molecular formula is C12H18ClNO. The summed E-state index contributed by atoms with van der Waals surface area (Å²) in [6.45, 7) is 4.49. The third-order valence-electron chi connectivity index (χ3n) is 2.82. The standard InChI is InChI=1S/C12H18ClNO/c1-3-9(7-14)12(15)11-5-4-10(13)6-8(11)2/h4-6,9,12,15H,3,7,14H2,1-2H3. The Balaban J connectivity index is 2.94. The summed E-state index contributed by atoms with van der Waals surface area (Å²) in [6.07, 6.45) is 0.386. The quantitative estimate of drug-likeness (QED) is 0.831. The summed E-state index contributed by atoms with van der Waals surface area (Å²) in [6, 6.07) is 5.54. The Labute approximate surface area is 96.1 Å². The van der Waals surface area contributed by atoms with Crippen molar-refractivity contribution in [2.45, 2.75) is 26.4 Å². The van der Waals surface area contributed by atoms with Gasteiger partial charge >= 0.3 is 0 Å². The van der Waals surface area contributed by atoms with Crippen molar-refractivity contribution in [3.63, 3.8) is 0 Å². The molecule has 3 heteroatoms. The minimum absolute atomic E-state index is 0.116. The number of aryl methyl sites for hydroxylation is 1. The van der Waals surface area contributed by atoms with Crippen LogP contribution in [-0.2, 0) is 0 Å². The largest absolute Gasteiger partial charge is 0.388 e. The van der Waals surface area contributed by atoms with E-state index >= 15 is 0 Å². The van der Waals surface area contributed by atoms with E-state index in [0.29, 0.717) is 11.6 Å². The molecule has 0 bridgehead atoms. The van der Waals surface area contributed by atoms with Gasteiger partial charge < -0.3 is 10.8 Å². The average molecular weight is 228 g/mol. The molecule has 0 amide bonds. The molecule has 2 nitrogen and oxygen atoms in total. The van der Waals surface area contributed by atoms with Crippen molar-refractivity contribution in [2.24, 2.45) is 11.7 Å². The van der Waals surface area contributed by atoms with Crippen molar-refractivity contribution in [1.82, 2.24) is 0 Å². The van der Waals surface area contributed by atoms with Crippen LogP contribution in [0, 0.1) is 12.8 Å². The number of halogens is 1. The molecule has 84 valence electrons. The van der Waals surface area contributed by atoms with E-state index in [-0.39, 0.29) is 5.92 Å². The van der Waals surface area contributed by atoms with E-state index in [1.165, 1.54) is 0 Å². The van der Waals surface area contributed by atoms with Crippen LogP contribution < -0.4 is 5.73 Å². The smallest absolute Gasteiger partial charge is 0.0832 e. The van der Waals surface area contributed by atoms with Crippen LogP contribution in [0.15, 0.2) is 18.2 Å². The fourth-order valence-electron chi connectivity index (χ4n) is 1.74. The van der Waals surface area contributed by atoms with Gasteiger partial charge in [-0.05, 0) is 43.1 Å². The molecular weight excluding hydrogens is 210 g/mol. The minimum atomic E-state index is -0.489. The molecule has 0 fully saturated rings. The van der Waals surface area contributed by atoms with Crippen molar-refractivity contribution in [3.05, 3.63) is 34.3 Å². The van der Waals surface area contributed by atoms with Gasteiger partial charge in [0.2, 0.25) is 0 Å². The van der Waals surface area contributed by atoms with Crippen LogP contribution in [0.5, 0.6) is 0 Å². The van der Waals surface area contributed by atoms with Gasteiger partial charge in [-0.1, -0.05) is 24.6 Å². The predicted octanol–water partition coefficient (Wildman–Crippen LogP) is 2.67. The van der Waals surface area contributed by atoms with Crippen LogP contribution in [0.25, 0.3) is 0 Å². The predicted molar refractivity (Wildman–Crippen MR) is 64.0 cm³/mol. The summed E-state index contributed by atoms with van der Waals surface area (Å²) in [4.78, 5) is 0. The van der Waals surface area contributed by atoms with Gasteiger partial charge in [0.1, 0.15) is 0 Å². The third kappa shape index (κ3) is 2.94. The fraction of sp³-hybridized carbons (Fsp3) is 0.500. The Hall–Kier alpha value is -0.570. The average Bonchev–Trinajstić information content (AvgIpc) is 2.19. The summed E-state index contributed by atoms with van der Waals surface area (Å²) in [5.74, 6) is 0.116. The van der Waals surface area contributed by atoms with Gasteiger partial charge in [-0.15, -0.1) is 0 Å². The SMILES string of the molecule is CCC(CN)C(O)c1ccc(Cl)cc1C. The lowest BCUT2D eigenvalue weighted by atomic mass is 9.91. The third-order valence-corrected chi connectivity index (χ3v) is 3.06. The number of aliphatic hydroxyl groups excluding tert-OH is 1. The monoisotopic (exact) mass is 227 g/mol. The van der Waals surface area contributed by atoms with E-state index in [0.717, 1.165) is 17.5 Å². The minimum Gasteiger partial charge on any atom is -0.388 e. The molecule has 1 aromatic rings. The van der Waals surface area contributed by atoms with Crippen molar-refractivity contribution >= 4 is 11.6 Å². The van der Waals surface area contributed by atoms with Crippen LogP contribution in [0.1, 0.15) is 30.6 Å². The van der Waals surface area contributed by atoms with Gasteiger partial charge in [0.05, 0.1) is 6.10 Å². The molecule has 0 aromatic heterocycles. The summed E-state index contributed by atoms with van der Waals surface area (Å²) in [7, 11) is 0. The van der Waals surface area contributed by atoms with Crippen LogP contribution >= 0.6 is 11.6 Å². The van der Waals surface area contributed by atoms with E-state index in [1.54, 1.807) is 6.07 Å². The Kier molecular flexibility index (Phi) is 4.58. The number of rotatable bonds is 4. The Morgan fingerprint density at radius 3 is 2.60 bits per heavy atom. The highest BCUT2D eigenvalue weighted by Crippen LogP contribution is 2.27. The van der Waals surface area contributed by atoms with Crippen LogP contribution in [0.4, 0.5) is 0 Å². The molecule has 3 N–H and O–H groups in total. The molecule has 0 aliphatic carbocycles. The van der Waals surface area contributed by atoms with Crippen LogP contribution in [0.2, 0.25) is 5.02 Å².